The summed E-state index contributed by atoms with van der Waals surface area (Å²) in [6.45, 7) is 20.3. The van der Waals surface area contributed by atoms with Crippen LogP contribution in [0.25, 0.3) is 93.7 Å². The lowest BCUT2D eigenvalue weighted by Gasteiger charge is -2.24. The van der Waals surface area contributed by atoms with Gasteiger partial charge in [-0.3, -0.25) is 4.57 Å². The van der Waals surface area contributed by atoms with Crippen LogP contribution in [0.15, 0.2) is 152 Å². The monoisotopic (exact) mass is 868 g/mol. The average Bonchev–Trinajstić information content (AvgIpc) is 3.95. The lowest BCUT2D eigenvalue weighted by molar-refractivity contribution is 0.591. The van der Waals surface area contributed by atoms with Crippen LogP contribution in [0.1, 0.15) is 90.1 Å². The molecule has 6 heteroatoms. The number of nitriles is 2. The molecule has 0 aliphatic heterocycles. The van der Waals surface area contributed by atoms with Gasteiger partial charge in [-0.25, -0.2) is 4.98 Å². The number of aromatic nitrogens is 4. The number of fused-ring (bicyclic) bond motifs is 9. The Hall–Kier alpha value is -7.93. The minimum atomic E-state index is -0.0797. The van der Waals surface area contributed by atoms with E-state index in [-0.39, 0.29) is 16.2 Å². The molecule has 0 radical (unpaired) electrons. The standard InChI is InChI=1S/C61H52N6/c1-59(2,3)40-24-27-52-46(31-40)43-16-10-13-19-49(43)65(52)55-36-64-58(67-51-21-15-12-18-45(51)48-33-42(61(7,8)9)26-29-54(48)67)57(56(55)37-22-23-38(34-62)39(30-37)35-63)66-50-20-14-11-17-44(50)47-32-41(60(4,5)6)25-28-53(47)66/h10-33,36H,1-9H3. The third-order valence-electron chi connectivity index (χ3n) is 13.9. The Balaban J connectivity index is 1.39. The van der Waals surface area contributed by atoms with Gasteiger partial charge in [0.05, 0.1) is 61.8 Å². The van der Waals surface area contributed by atoms with Crippen molar-refractivity contribution in [1.29, 1.82) is 10.5 Å². The Morgan fingerprint density at radius 1 is 0.403 bits per heavy atom. The molecule has 0 N–H and O–H groups in total. The molecule has 0 atom stereocenters. The molecule has 0 saturated carbocycles. The van der Waals surface area contributed by atoms with Gasteiger partial charge < -0.3 is 9.13 Å². The second-order valence-electron chi connectivity index (χ2n) is 21.2. The van der Waals surface area contributed by atoms with Crippen molar-refractivity contribution < 1.29 is 0 Å². The summed E-state index contributed by atoms with van der Waals surface area (Å²) in [4.78, 5) is 5.71. The molecule has 11 aromatic rings. The number of benzene rings is 7. The molecule has 0 amide bonds. The Morgan fingerprint density at radius 2 is 0.806 bits per heavy atom. The van der Waals surface area contributed by atoms with Crippen LogP contribution in [-0.2, 0) is 16.2 Å². The zero-order chi connectivity index (χ0) is 46.7. The summed E-state index contributed by atoms with van der Waals surface area (Å²) in [5, 5.41) is 27.8. The van der Waals surface area contributed by atoms with Crippen LogP contribution in [0.5, 0.6) is 0 Å². The molecule has 0 spiro atoms. The van der Waals surface area contributed by atoms with Crippen molar-refractivity contribution in [3.8, 4) is 40.5 Å². The Morgan fingerprint density at radius 3 is 1.27 bits per heavy atom. The van der Waals surface area contributed by atoms with Crippen molar-refractivity contribution in [3.63, 3.8) is 0 Å². The maximum Gasteiger partial charge on any atom is 0.162 e. The second kappa shape index (κ2) is 14.8. The highest BCUT2D eigenvalue weighted by molar-refractivity contribution is 6.14. The van der Waals surface area contributed by atoms with E-state index in [1.807, 2.05) is 18.3 Å². The summed E-state index contributed by atoms with van der Waals surface area (Å²) in [5.74, 6) is 0.745. The molecule has 7 aromatic carbocycles. The second-order valence-corrected chi connectivity index (χ2v) is 21.2. The lowest BCUT2D eigenvalue weighted by Crippen LogP contribution is -2.13. The summed E-state index contributed by atoms with van der Waals surface area (Å²) in [6, 6.07) is 56.9. The first-order chi connectivity index (χ1) is 32.1. The number of nitrogens with zero attached hydrogens (tertiary/aromatic N) is 6. The van der Waals surface area contributed by atoms with E-state index >= 15 is 0 Å². The third kappa shape index (κ3) is 6.46. The molecule has 0 unspecified atom stereocenters. The highest BCUT2D eigenvalue weighted by Crippen LogP contribution is 2.47. The molecule has 4 aromatic heterocycles. The van der Waals surface area contributed by atoms with Crippen LogP contribution < -0.4 is 0 Å². The highest BCUT2D eigenvalue weighted by atomic mass is 15.1. The molecule has 11 rings (SSSR count). The first-order valence-corrected chi connectivity index (χ1v) is 23.2. The van der Waals surface area contributed by atoms with E-state index in [1.54, 1.807) is 6.07 Å². The van der Waals surface area contributed by atoms with E-state index in [1.165, 1.54) is 16.7 Å². The minimum Gasteiger partial charge on any atom is -0.307 e. The quantitative estimate of drug-likeness (QED) is 0.177. The molecule has 4 heterocycles. The Bertz CT molecular complexity index is 3950. The van der Waals surface area contributed by atoms with Gasteiger partial charge in [0.1, 0.15) is 12.1 Å². The number of rotatable bonds is 4. The summed E-state index contributed by atoms with van der Waals surface area (Å²) in [7, 11) is 0. The van der Waals surface area contributed by atoms with Gasteiger partial charge in [0.2, 0.25) is 0 Å². The Labute approximate surface area is 391 Å². The van der Waals surface area contributed by atoms with Crippen molar-refractivity contribution in [2.45, 2.75) is 78.6 Å². The fourth-order valence-corrected chi connectivity index (χ4v) is 10.2. The molecule has 0 aliphatic rings. The van der Waals surface area contributed by atoms with Crippen molar-refractivity contribution in [2.75, 3.05) is 0 Å². The summed E-state index contributed by atoms with van der Waals surface area (Å²) < 4.78 is 7.09. The van der Waals surface area contributed by atoms with Gasteiger partial charge in [0.25, 0.3) is 0 Å². The number of para-hydroxylation sites is 3. The average molecular weight is 869 g/mol. The highest BCUT2D eigenvalue weighted by Gasteiger charge is 2.30. The van der Waals surface area contributed by atoms with Crippen LogP contribution in [0.2, 0.25) is 0 Å². The van der Waals surface area contributed by atoms with E-state index < -0.39 is 0 Å². The van der Waals surface area contributed by atoms with E-state index in [9.17, 15) is 10.5 Å². The predicted octanol–water partition coefficient (Wildman–Crippen LogP) is 15.7. The number of hydrogen-bond donors (Lipinski definition) is 0. The third-order valence-corrected chi connectivity index (χ3v) is 13.9. The van der Waals surface area contributed by atoms with Crippen LogP contribution in [0.3, 0.4) is 0 Å². The van der Waals surface area contributed by atoms with Gasteiger partial charge in [-0.1, -0.05) is 141 Å². The molecule has 0 fully saturated rings. The Kier molecular flexibility index (Phi) is 9.22. The summed E-state index contributed by atoms with van der Waals surface area (Å²) in [6.07, 6.45) is 2.03. The van der Waals surface area contributed by atoms with E-state index in [2.05, 4.69) is 216 Å². The lowest BCUT2D eigenvalue weighted by atomic mass is 9.86. The fourth-order valence-electron chi connectivity index (χ4n) is 10.2. The topological polar surface area (TPSA) is 75.3 Å². The van der Waals surface area contributed by atoms with E-state index in [0.717, 1.165) is 93.7 Å². The SMILES string of the molecule is CC(C)(C)c1ccc2c(c1)c1ccccc1n2-c1cnc(-n2c3ccccc3c3cc(C(C)(C)C)ccc32)c(-n2c3ccccc3c3cc(C(C)(C)C)ccc32)c1-c1ccc(C#N)c(C#N)c1. The smallest absolute Gasteiger partial charge is 0.162 e. The molecule has 0 saturated heterocycles. The molecule has 0 bridgehead atoms. The van der Waals surface area contributed by atoms with Gasteiger partial charge in [0.15, 0.2) is 5.82 Å². The molecular weight excluding hydrogens is 817 g/mol. The molecule has 0 aliphatic carbocycles. The van der Waals surface area contributed by atoms with Crippen molar-refractivity contribution in [1.82, 2.24) is 18.7 Å². The first-order valence-electron chi connectivity index (χ1n) is 23.2. The largest absolute Gasteiger partial charge is 0.307 e. The van der Waals surface area contributed by atoms with Crippen molar-refractivity contribution in [3.05, 3.63) is 180 Å². The normalized spacial score (nSPS) is 12.5. The molecular formula is C61H52N6. The van der Waals surface area contributed by atoms with Gasteiger partial charge >= 0.3 is 0 Å². The van der Waals surface area contributed by atoms with Gasteiger partial charge in [-0.2, -0.15) is 10.5 Å². The number of pyridine rings is 1. The fraction of sp³-hybridized carbons (Fsp3) is 0.197. The van der Waals surface area contributed by atoms with Crippen molar-refractivity contribution in [2.24, 2.45) is 0 Å². The molecule has 326 valence electrons. The zero-order valence-corrected chi connectivity index (χ0v) is 39.6. The van der Waals surface area contributed by atoms with Crippen LogP contribution in [-0.4, -0.2) is 18.7 Å². The maximum absolute atomic E-state index is 10.7. The van der Waals surface area contributed by atoms with Crippen LogP contribution in [0, 0.1) is 22.7 Å². The van der Waals surface area contributed by atoms with E-state index in [4.69, 9.17) is 4.98 Å². The number of hydrogen-bond acceptors (Lipinski definition) is 3. The predicted molar refractivity (Wildman–Crippen MR) is 278 cm³/mol. The van der Waals surface area contributed by atoms with Gasteiger partial charge in [0, 0.05) is 37.9 Å². The zero-order valence-electron chi connectivity index (χ0n) is 39.6. The summed E-state index contributed by atoms with van der Waals surface area (Å²) >= 11 is 0. The summed E-state index contributed by atoms with van der Waals surface area (Å²) in [5.41, 5.74) is 13.9. The van der Waals surface area contributed by atoms with Crippen LogP contribution in [0.4, 0.5) is 0 Å². The van der Waals surface area contributed by atoms with E-state index in [0.29, 0.717) is 11.1 Å². The van der Waals surface area contributed by atoms with Gasteiger partial charge in [-0.15, -0.1) is 0 Å². The molecule has 6 nitrogen and oxygen atoms in total. The minimum absolute atomic E-state index is 0.0610. The molecule has 67 heavy (non-hydrogen) atoms. The van der Waals surface area contributed by atoms with Gasteiger partial charge in [-0.05, 0) is 105 Å². The van der Waals surface area contributed by atoms with Crippen molar-refractivity contribution >= 4 is 65.4 Å². The maximum atomic E-state index is 10.7. The first kappa shape index (κ1) is 41.8. The van der Waals surface area contributed by atoms with Crippen LogP contribution >= 0.6 is 0 Å².